The van der Waals surface area contributed by atoms with Gasteiger partial charge in [-0.05, 0) is 30.3 Å². The van der Waals surface area contributed by atoms with E-state index in [4.69, 9.17) is 15.9 Å². The van der Waals surface area contributed by atoms with Crippen LogP contribution in [0.15, 0.2) is 48.8 Å². The Morgan fingerprint density at radius 1 is 0.885 bits per heavy atom. The van der Waals surface area contributed by atoms with Crippen LogP contribution in [0.5, 0.6) is 11.5 Å². The second kappa shape index (κ2) is 7.85. The molecule has 26 heavy (non-hydrogen) atoms. The standard InChI is InChI=1S/C19H17N5O2/c1-4-13-6-5-7-14(10-13)22-18-20-12-21-19(24-18)23-15-8-9-16(25-2)17(11-15)26-3/h1,5-12H,2-3H3,(H2,20,21,22,23,24). The summed E-state index contributed by atoms with van der Waals surface area (Å²) in [5.74, 6) is 4.63. The van der Waals surface area contributed by atoms with Crippen molar-refractivity contribution in [2.45, 2.75) is 0 Å². The lowest BCUT2D eigenvalue weighted by Crippen LogP contribution is -2.03. The Bertz CT molecular complexity index is 953. The fraction of sp³-hybridized carbons (Fsp3) is 0.105. The maximum atomic E-state index is 5.42. The van der Waals surface area contributed by atoms with Gasteiger partial charge in [-0.1, -0.05) is 12.0 Å². The van der Waals surface area contributed by atoms with Gasteiger partial charge in [-0.2, -0.15) is 4.98 Å². The highest BCUT2D eigenvalue weighted by atomic mass is 16.5. The molecular weight excluding hydrogens is 330 g/mol. The van der Waals surface area contributed by atoms with Crippen LogP contribution in [0.3, 0.4) is 0 Å². The maximum Gasteiger partial charge on any atom is 0.232 e. The van der Waals surface area contributed by atoms with Gasteiger partial charge in [-0.15, -0.1) is 6.42 Å². The first kappa shape index (κ1) is 17.0. The fourth-order valence-corrected chi connectivity index (χ4v) is 2.28. The number of hydrogen-bond acceptors (Lipinski definition) is 7. The lowest BCUT2D eigenvalue weighted by atomic mass is 10.2. The molecule has 7 heteroatoms. The van der Waals surface area contributed by atoms with Crippen LogP contribution in [0, 0.1) is 12.3 Å². The predicted molar refractivity (Wildman–Crippen MR) is 100 cm³/mol. The molecule has 0 spiro atoms. The minimum absolute atomic E-state index is 0.392. The molecule has 0 unspecified atom stereocenters. The molecule has 0 atom stereocenters. The third-order valence-corrected chi connectivity index (χ3v) is 3.50. The van der Waals surface area contributed by atoms with Gasteiger partial charge in [0.05, 0.1) is 14.2 Å². The SMILES string of the molecule is C#Cc1cccc(Nc2ncnc(Nc3ccc(OC)c(OC)c3)n2)c1. The fourth-order valence-electron chi connectivity index (χ4n) is 2.28. The van der Waals surface area contributed by atoms with Crippen molar-refractivity contribution in [2.24, 2.45) is 0 Å². The van der Waals surface area contributed by atoms with Gasteiger partial charge in [0.15, 0.2) is 11.5 Å². The van der Waals surface area contributed by atoms with Crippen molar-refractivity contribution in [3.05, 3.63) is 54.4 Å². The molecule has 1 heterocycles. The summed E-state index contributed by atoms with van der Waals surface area (Å²) >= 11 is 0. The zero-order chi connectivity index (χ0) is 18.4. The van der Waals surface area contributed by atoms with E-state index in [2.05, 4.69) is 31.5 Å². The molecule has 0 radical (unpaired) electrons. The number of methoxy groups -OCH3 is 2. The van der Waals surface area contributed by atoms with Crippen molar-refractivity contribution in [2.75, 3.05) is 24.9 Å². The Balaban J connectivity index is 1.78. The van der Waals surface area contributed by atoms with Gasteiger partial charge >= 0.3 is 0 Å². The van der Waals surface area contributed by atoms with Gasteiger partial charge in [0, 0.05) is 23.0 Å². The Morgan fingerprint density at radius 3 is 2.23 bits per heavy atom. The van der Waals surface area contributed by atoms with Crippen molar-refractivity contribution in [3.63, 3.8) is 0 Å². The molecule has 0 aliphatic heterocycles. The molecule has 0 fully saturated rings. The number of nitrogens with zero attached hydrogens (tertiary/aromatic N) is 3. The number of hydrogen-bond donors (Lipinski definition) is 2. The zero-order valence-corrected chi connectivity index (χ0v) is 14.4. The summed E-state index contributed by atoms with van der Waals surface area (Å²) in [6.07, 6.45) is 6.84. The quantitative estimate of drug-likeness (QED) is 0.662. The molecule has 0 saturated carbocycles. The van der Waals surface area contributed by atoms with E-state index in [1.165, 1.54) is 6.33 Å². The highest BCUT2D eigenvalue weighted by Gasteiger charge is 2.07. The highest BCUT2D eigenvalue weighted by Crippen LogP contribution is 2.30. The van der Waals surface area contributed by atoms with E-state index >= 15 is 0 Å². The predicted octanol–water partition coefficient (Wildman–Crippen LogP) is 3.36. The summed E-state index contributed by atoms with van der Waals surface area (Å²) in [6.45, 7) is 0. The Kier molecular flexibility index (Phi) is 5.15. The first-order chi connectivity index (χ1) is 12.7. The summed E-state index contributed by atoms with van der Waals surface area (Å²) < 4.78 is 10.5. The molecule has 0 aliphatic carbocycles. The molecule has 1 aromatic heterocycles. The first-order valence-corrected chi connectivity index (χ1v) is 7.73. The molecule has 0 saturated heterocycles. The van der Waals surface area contributed by atoms with Crippen LogP contribution < -0.4 is 20.1 Å². The van der Waals surface area contributed by atoms with Crippen LogP contribution in [-0.2, 0) is 0 Å². The largest absolute Gasteiger partial charge is 0.493 e. The number of anilines is 4. The van der Waals surface area contributed by atoms with E-state index < -0.39 is 0 Å². The summed E-state index contributed by atoms with van der Waals surface area (Å²) in [4.78, 5) is 12.6. The number of benzene rings is 2. The first-order valence-electron chi connectivity index (χ1n) is 7.73. The molecule has 0 aliphatic rings. The van der Waals surface area contributed by atoms with Gasteiger partial charge in [-0.25, -0.2) is 9.97 Å². The summed E-state index contributed by atoms with van der Waals surface area (Å²) in [5, 5.41) is 6.21. The van der Waals surface area contributed by atoms with E-state index in [1.54, 1.807) is 26.4 Å². The molecule has 7 nitrogen and oxygen atoms in total. The van der Waals surface area contributed by atoms with E-state index in [-0.39, 0.29) is 0 Å². The zero-order valence-electron chi connectivity index (χ0n) is 14.4. The second-order valence-corrected chi connectivity index (χ2v) is 5.18. The van der Waals surface area contributed by atoms with E-state index in [9.17, 15) is 0 Å². The summed E-state index contributed by atoms with van der Waals surface area (Å²) in [7, 11) is 3.17. The van der Waals surface area contributed by atoms with Crippen molar-refractivity contribution < 1.29 is 9.47 Å². The van der Waals surface area contributed by atoms with Gasteiger partial charge in [0.1, 0.15) is 6.33 Å². The highest BCUT2D eigenvalue weighted by molar-refractivity contribution is 5.61. The Morgan fingerprint density at radius 2 is 1.58 bits per heavy atom. The monoisotopic (exact) mass is 347 g/mol. The van der Waals surface area contributed by atoms with Crippen LogP contribution in [-0.4, -0.2) is 29.2 Å². The van der Waals surface area contributed by atoms with Crippen molar-refractivity contribution in [3.8, 4) is 23.8 Å². The lowest BCUT2D eigenvalue weighted by Gasteiger charge is -2.11. The van der Waals surface area contributed by atoms with Gasteiger partial charge < -0.3 is 20.1 Å². The third-order valence-electron chi connectivity index (χ3n) is 3.50. The minimum atomic E-state index is 0.392. The van der Waals surface area contributed by atoms with Crippen LogP contribution in [0.1, 0.15) is 5.56 Å². The second-order valence-electron chi connectivity index (χ2n) is 5.18. The van der Waals surface area contributed by atoms with Gasteiger partial charge in [-0.3, -0.25) is 0 Å². The number of ether oxygens (including phenoxy) is 2. The average molecular weight is 347 g/mol. The smallest absolute Gasteiger partial charge is 0.232 e. The Hall–Kier alpha value is -3.79. The molecular formula is C19H17N5O2. The molecule has 3 rings (SSSR count). The van der Waals surface area contributed by atoms with Gasteiger partial charge in [0.25, 0.3) is 0 Å². The summed E-state index contributed by atoms with van der Waals surface area (Å²) in [6, 6.07) is 12.9. The lowest BCUT2D eigenvalue weighted by molar-refractivity contribution is 0.355. The molecule has 0 amide bonds. The van der Waals surface area contributed by atoms with Crippen molar-refractivity contribution >= 4 is 23.3 Å². The van der Waals surface area contributed by atoms with E-state index in [1.807, 2.05) is 30.3 Å². The number of terminal acetylenes is 1. The molecule has 3 aromatic rings. The average Bonchev–Trinajstić information content (AvgIpc) is 2.68. The van der Waals surface area contributed by atoms with Crippen LogP contribution in [0.2, 0.25) is 0 Å². The molecule has 2 N–H and O–H groups in total. The van der Waals surface area contributed by atoms with E-state index in [0.717, 1.165) is 16.9 Å². The number of nitrogens with one attached hydrogen (secondary N) is 2. The van der Waals surface area contributed by atoms with Crippen LogP contribution in [0.4, 0.5) is 23.3 Å². The topological polar surface area (TPSA) is 81.2 Å². The molecule has 130 valence electrons. The van der Waals surface area contributed by atoms with Gasteiger partial charge in [0.2, 0.25) is 11.9 Å². The third kappa shape index (κ3) is 3.99. The normalized spacial score (nSPS) is 9.88. The van der Waals surface area contributed by atoms with Crippen LogP contribution in [0.25, 0.3) is 0 Å². The van der Waals surface area contributed by atoms with Crippen LogP contribution >= 0.6 is 0 Å². The number of aromatic nitrogens is 3. The van der Waals surface area contributed by atoms with Crippen molar-refractivity contribution in [1.29, 1.82) is 0 Å². The minimum Gasteiger partial charge on any atom is -0.493 e. The maximum absolute atomic E-state index is 5.42. The molecule has 2 aromatic carbocycles. The van der Waals surface area contributed by atoms with E-state index in [0.29, 0.717) is 23.4 Å². The van der Waals surface area contributed by atoms with Crippen molar-refractivity contribution in [1.82, 2.24) is 15.0 Å². The Labute approximate surface area is 151 Å². The number of rotatable bonds is 6. The summed E-state index contributed by atoms with van der Waals surface area (Å²) in [5.41, 5.74) is 2.32. The molecule has 0 bridgehead atoms.